The van der Waals surface area contributed by atoms with Crippen molar-refractivity contribution in [2.45, 2.75) is 45.1 Å². The van der Waals surface area contributed by atoms with Gasteiger partial charge in [0.2, 0.25) is 10.0 Å². The third-order valence-electron chi connectivity index (χ3n) is 6.85. The number of carbonyl (C=O) groups is 1. The molecule has 0 heterocycles. The average Bonchev–Trinajstić information content (AvgIpc) is 2.59. The molecule has 3 N–H and O–H groups in total. The second-order valence-corrected chi connectivity index (χ2v) is 11.1. The average molecular weight is 392 g/mol. The lowest BCUT2D eigenvalue weighted by atomic mass is 9.49. The molecule has 5 rings (SSSR count). The normalized spacial score (nSPS) is 32.0. The number of carbonyl (C=O) groups excluding carboxylic acids is 1. The van der Waals surface area contributed by atoms with E-state index in [0.717, 1.165) is 23.3 Å². The number of nitrogen functional groups attached to an aromatic ring is 1. The number of hydrogen-bond donors (Lipinski definition) is 2. The molecule has 0 unspecified atom stereocenters. The highest BCUT2D eigenvalue weighted by atomic mass is 32.2. The second kappa shape index (κ2) is 6.87. The van der Waals surface area contributed by atoms with Crippen LogP contribution in [0.5, 0.6) is 0 Å². The maximum atomic E-state index is 12.5. The van der Waals surface area contributed by atoms with Gasteiger partial charge in [0.05, 0.1) is 6.26 Å². The van der Waals surface area contributed by atoms with E-state index in [4.69, 9.17) is 5.84 Å². The molecular weight excluding hydrogens is 362 g/mol. The predicted octanol–water partition coefficient (Wildman–Crippen LogP) is 2.27. The van der Waals surface area contributed by atoms with Gasteiger partial charge in [-0.25, -0.2) is 14.3 Å². The van der Waals surface area contributed by atoms with Crippen LogP contribution < -0.4 is 11.3 Å². The molecule has 4 aliphatic rings. The van der Waals surface area contributed by atoms with Gasteiger partial charge in [0.15, 0.2) is 0 Å². The zero-order valence-corrected chi connectivity index (χ0v) is 16.7. The van der Waals surface area contributed by atoms with E-state index in [9.17, 15) is 13.2 Å². The van der Waals surface area contributed by atoms with Crippen LogP contribution in [0.3, 0.4) is 0 Å². The summed E-state index contributed by atoms with van der Waals surface area (Å²) in [4.78, 5) is 11.6. The van der Waals surface area contributed by atoms with Gasteiger partial charge in [-0.05, 0) is 79.4 Å². The zero-order valence-electron chi connectivity index (χ0n) is 15.9. The van der Waals surface area contributed by atoms with E-state index in [1.54, 1.807) is 16.4 Å². The largest absolute Gasteiger partial charge is 0.290 e. The summed E-state index contributed by atoms with van der Waals surface area (Å²) in [7, 11) is -3.30. The summed E-state index contributed by atoms with van der Waals surface area (Å²) in [5.74, 6) is 7.20. The molecule has 0 saturated heterocycles. The van der Waals surface area contributed by atoms with Gasteiger partial charge in [-0.2, -0.15) is 4.31 Å². The van der Waals surface area contributed by atoms with Gasteiger partial charge in [-0.15, -0.1) is 0 Å². The Labute approximate surface area is 161 Å². The minimum Gasteiger partial charge on any atom is -0.290 e. The molecule has 148 valence electrons. The second-order valence-electron chi connectivity index (χ2n) is 9.12. The molecule has 4 aliphatic carbocycles. The summed E-state index contributed by atoms with van der Waals surface area (Å²) in [6, 6.07) is 6.98. The van der Waals surface area contributed by atoms with E-state index in [1.807, 2.05) is 12.1 Å². The molecule has 1 aromatic rings. The number of nitrogens with one attached hydrogen (secondary N) is 1. The lowest BCUT2D eigenvalue weighted by Gasteiger charge is -2.57. The highest BCUT2D eigenvalue weighted by Crippen LogP contribution is 2.60. The maximum absolute atomic E-state index is 12.5. The van der Waals surface area contributed by atoms with Crippen LogP contribution in [0.2, 0.25) is 0 Å². The molecule has 0 spiro atoms. The van der Waals surface area contributed by atoms with E-state index in [2.05, 4.69) is 5.43 Å². The van der Waals surface area contributed by atoms with Gasteiger partial charge in [0.1, 0.15) is 0 Å². The number of benzene rings is 1. The Morgan fingerprint density at radius 1 is 1.11 bits per heavy atom. The number of nitrogens with two attached hydrogens (primary N) is 1. The van der Waals surface area contributed by atoms with Gasteiger partial charge in [-0.3, -0.25) is 10.2 Å². The fraction of sp³-hybridized carbons (Fsp3) is 0.650. The van der Waals surface area contributed by atoms with Gasteiger partial charge >= 0.3 is 0 Å². The zero-order chi connectivity index (χ0) is 19.2. The molecule has 7 heteroatoms. The smallest absolute Gasteiger partial charge is 0.265 e. The summed E-state index contributed by atoms with van der Waals surface area (Å²) in [6.07, 6.45) is 8.90. The minimum atomic E-state index is -3.30. The first-order valence-corrected chi connectivity index (χ1v) is 11.7. The highest BCUT2D eigenvalue weighted by Gasteiger charge is 2.51. The SMILES string of the molecule is CS(=O)(=O)N(Cc1ccc(C(=O)NN)cc1)CC12CC3CC(CC(C3)C1)C2. The highest BCUT2D eigenvalue weighted by molar-refractivity contribution is 7.88. The number of hydrogen-bond acceptors (Lipinski definition) is 4. The van der Waals surface area contributed by atoms with Gasteiger partial charge in [0, 0.05) is 18.7 Å². The van der Waals surface area contributed by atoms with E-state index in [1.165, 1.54) is 44.8 Å². The van der Waals surface area contributed by atoms with Crippen LogP contribution in [-0.4, -0.2) is 31.4 Å². The molecule has 6 nitrogen and oxygen atoms in total. The van der Waals surface area contributed by atoms with Crippen molar-refractivity contribution in [1.29, 1.82) is 0 Å². The Kier molecular flexibility index (Phi) is 4.81. The van der Waals surface area contributed by atoms with Crippen molar-refractivity contribution < 1.29 is 13.2 Å². The summed E-state index contributed by atoms with van der Waals surface area (Å²) in [6.45, 7) is 0.978. The van der Waals surface area contributed by atoms with Crippen molar-refractivity contribution >= 4 is 15.9 Å². The molecule has 0 aromatic heterocycles. The van der Waals surface area contributed by atoms with Crippen molar-refractivity contribution in [3.63, 3.8) is 0 Å². The molecule has 1 aromatic carbocycles. The van der Waals surface area contributed by atoms with Crippen molar-refractivity contribution in [3.05, 3.63) is 35.4 Å². The lowest BCUT2D eigenvalue weighted by molar-refractivity contribution is -0.0607. The monoisotopic (exact) mass is 391 g/mol. The van der Waals surface area contributed by atoms with Crippen LogP contribution in [0, 0.1) is 23.2 Å². The Bertz CT molecular complexity index is 784. The first-order valence-electron chi connectivity index (χ1n) is 9.81. The summed E-state index contributed by atoms with van der Waals surface area (Å²) in [5, 5.41) is 0. The van der Waals surface area contributed by atoms with E-state index in [0.29, 0.717) is 18.7 Å². The van der Waals surface area contributed by atoms with Gasteiger partial charge < -0.3 is 0 Å². The molecule has 4 fully saturated rings. The number of hydrazine groups is 1. The maximum Gasteiger partial charge on any atom is 0.265 e. The van der Waals surface area contributed by atoms with Crippen LogP contribution >= 0.6 is 0 Å². The Morgan fingerprint density at radius 3 is 2.07 bits per heavy atom. The number of sulfonamides is 1. The predicted molar refractivity (Wildman–Crippen MR) is 104 cm³/mol. The van der Waals surface area contributed by atoms with Crippen molar-refractivity contribution in [2.24, 2.45) is 29.0 Å². The molecule has 0 atom stereocenters. The fourth-order valence-electron chi connectivity index (χ4n) is 6.20. The van der Waals surface area contributed by atoms with E-state index in [-0.39, 0.29) is 11.3 Å². The number of amides is 1. The van der Waals surface area contributed by atoms with Crippen molar-refractivity contribution in [1.82, 2.24) is 9.73 Å². The standard InChI is InChI=1S/C20H29N3O3S/c1-27(25,26)23(12-14-2-4-18(5-3-14)19(24)22-21)13-20-9-15-6-16(10-20)8-17(7-15)11-20/h2-5,15-17H,6-13,21H2,1H3,(H,22,24). The van der Waals surface area contributed by atoms with Crippen LogP contribution in [-0.2, 0) is 16.6 Å². The van der Waals surface area contributed by atoms with Gasteiger partial charge in [0.25, 0.3) is 5.91 Å². The van der Waals surface area contributed by atoms with E-state index < -0.39 is 10.0 Å². The van der Waals surface area contributed by atoms with Crippen molar-refractivity contribution in [2.75, 3.05) is 12.8 Å². The Hall–Kier alpha value is -1.44. The Balaban J connectivity index is 1.52. The van der Waals surface area contributed by atoms with Crippen LogP contribution in [0.1, 0.15) is 54.4 Å². The molecular formula is C20H29N3O3S. The summed E-state index contributed by atoms with van der Waals surface area (Å²) >= 11 is 0. The molecule has 1 amide bonds. The quantitative estimate of drug-likeness (QED) is 0.442. The third kappa shape index (κ3) is 3.91. The summed E-state index contributed by atoms with van der Waals surface area (Å²) < 4.78 is 26.7. The fourth-order valence-corrected chi connectivity index (χ4v) is 7.09. The summed E-state index contributed by atoms with van der Waals surface area (Å²) in [5.41, 5.74) is 3.62. The molecule has 4 bridgehead atoms. The lowest BCUT2D eigenvalue weighted by Crippen LogP contribution is -2.51. The van der Waals surface area contributed by atoms with Gasteiger partial charge in [-0.1, -0.05) is 12.1 Å². The number of rotatable bonds is 6. The van der Waals surface area contributed by atoms with Crippen LogP contribution in [0.25, 0.3) is 0 Å². The van der Waals surface area contributed by atoms with Crippen LogP contribution in [0.4, 0.5) is 0 Å². The molecule has 0 radical (unpaired) electrons. The third-order valence-corrected chi connectivity index (χ3v) is 8.05. The number of nitrogens with zero attached hydrogens (tertiary/aromatic N) is 1. The van der Waals surface area contributed by atoms with Crippen LogP contribution in [0.15, 0.2) is 24.3 Å². The first kappa shape index (κ1) is 18.9. The van der Waals surface area contributed by atoms with E-state index >= 15 is 0 Å². The first-order chi connectivity index (χ1) is 12.8. The minimum absolute atomic E-state index is 0.164. The van der Waals surface area contributed by atoms with Crippen molar-refractivity contribution in [3.8, 4) is 0 Å². The topological polar surface area (TPSA) is 92.5 Å². The Morgan fingerprint density at radius 2 is 1.63 bits per heavy atom. The molecule has 27 heavy (non-hydrogen) atoms. The molecule has 4 saturated carbocycles. The molecule has 0 aliphatic heterocycles.